The van der Waals surface area contributed by atoms with E-state index in [0.29, 0.717) is 0 Å². The van der Waals surface area contributed by atoms with Gasteiger partial charge in [0.15, 0.2) is 0 Å². The van der Waals surface area contributed by atoms with Crippen molar-refractivity contribution >= 4 is 10.9 Å². The normalized spacial score (nSPS) is 18.5. The van der Waals surface area contributed by atoms with Gasteiger partial charge in [-0.15, -0.1) is 0 Å². The van der Waals surface area contributed by atoms with E-state index in [0.717, 1.165) is 68.1 Å². The molecular weight excluding hydrogens is 438 g/mol. The van der Waals surface area contributed by atoms with Crippen molar-refractivity contribution in [1.82, 2.24) is 14.6 Å². The second-order valence-corrected chi connectivity index (χ2v) is 10.1. The van der Waals surface area contributed by atoms with Crippen LogP contribution in [0, 0.1) is 13.8 Å². The van der Waals surface area contributed by atoms with Gasteiger partial charge in [0.1, 0.15) is 17.6 Å². The van der Waals surface area contributed by atoms with Crippen LogP contribution in [0.2, 0.25) is 0 Å². The van der Waals surface area contributed by atoms with Crippen molar-refractivity contribution < 1.29 is 14.4 Å². The summed E-state index contributed by atoms with van der Waals surface area (Å²) in [7, 11) is 0. The predicted molar refractivity (Wildman–Crippen MR) is 136 cm³/mol. The summed E-state index contributed by atoms with van der Waals surface area (Å²) in [4.78, 5) is 2.41. The van der Waals surface area contributed by atoms with E-state index < -0.39 is 0 Å². The highest BCUT2D eigenvalue weighted by molar-refractivity contribution is 5.85. The Labute approximate surface area is 206 Å². The average Bonchev–Trinajstić information content (AvgIpc) is 3.63. The molecule has 0 bridgehead atoms. The minimum Gasteiger partial charge on any atom is -0.490 e. The summed E-state index contributed by atoms with van der Waals surface area (Å²) >= 11 is 0. The molecule has 3 heterocycles. The number of likely N-dealkylation sites (tertiary alicyclic amines) is 1. The van der Waals surface area contributed by atoms with Crippen molar-refractivity contribution in [1.29, 1.82) is 0 Å². The van der Waals surface area contributed by atoms with E-state index in [2.05, 4.69) is 63.3 Å². The maximum absolute atomic E-state index is 9.86. The minimum atomic E-state index is 0.176. The lowest BCUT2D eigenvalue weighted by Crippen LogP contribution is -2.31. The van der Waals surface area contributed by atoms with Gasteiger partial charge < -0.3 is 18.9 Å². The molecule has 0 saturated carbocycles. The molecule has 1 fully saturated rings. The van der Waals surface area contributed by atoms with Gasteiger partial charge >= 0.3 is 0 Å². The van der Waals surface area contributed by atoms with Crippen LogP contribution in [0.3, 0.4) is 0 Å². The molecule has 2 aromatic carbocycles. The van der Waals surface area contributed by atoms with Crippen LogP contribution in [-0.4, -0.2) is 45.0 Å². The lowest BCUT2D eigenvalue weighted by atomic mass is 10.1. The summed E-state index contributed by atoms with van der Waals surface area (Å²) in [6.07, 6.45) is 6.55. The van der Waals surface area contributed by atoms with Crippen LogP contribution >= 0.6 is 0 Å². The molecule has 1 saturated heterocycles. The minimum absolute atomic E-state index is 0.176. The fourth-order valence-electron chi connectivity index (χ4n) is 5.90. The number of aliphatic hydroxyl groups is 1. The summed E-state index contributed by atoms with van der Waals surface area (Å²) in [6, 6.07) is 15.4. The fourth-order valence-corrected chi connectivity index (χ4v) is 5.90. The molecule has 35 heavy (non-hydrogen) atoms. The van der Waals surface area contributed by atoms with Crippen LogP contribution in [0.5, 0.6) is 5.75 Å². The molecule has 1 N–H and O–H groups in total. The Morgan fingerprint density at radius 3 is 2.60 bits per heavy atom. The monoisotopic (exact) mass is 471 g/mol. The molecule has 0 unspecified atom stereocenters. The third-order valence-corrected chi connectivity index (χ3v) is 7.84. The van der Waals surface area contributed by atoms with Crippen LogP contribution in [0.4, 0.5) is 0 Å². The predicted octanol–water partition coefficient (Wildman–Crippen LogP) is 4.80. The zero-order valence-corrected chi connectivity index (χ0v) is 20.5. The first-order valence-corrected chi connectivity index (χ1v) is 12.7. The first-order valence-electron chi connectivity index (χ1n) is 12.7. The molecule has 1 aliphatic carbocycles. The molecule has 182 valence electrons. The van der Waals surface area contributed by atoms with Crippen LogP contribution in [-0.2, 0) is 25.9 Å². The van der Waals surface area contributed by atoms with Crippen molar-refractivity contribution in [3.63, 3.8) is 0 Å². The Balaban J connectivity index is 1.32. The average molecular weight is 472 g/mol. The number of hydrogen-bond donors (Lipinski definition) is 1. The summed E-state index contributed by atoms with van der Waals surface area (Å²) in [5, 5.41) is 15.2. The van der Waals surface area contributed by atoms with Gasteiger partial charge in [-0.2, -0.15) is 0 Å². The van der Waals surface area contributed by atoms with Gasteiger partial charge in [-0.3, -0.25) is 4.90 Å². The molecule has 6 heteroatoms. The Bertz CT molecular complexity index is 1310. The number of aromatic nitrogens is 2. The third kappa shape index (κ3) is 4.26. The summed E-state index contributed by atoms with van der Waals surface area (Å²) < 4.78 is 14.2. The Morgan fingerprint density at radius 1 is 1.09 bits per heavy atom. The molecule has 1 atom stereocenters. The third-order valence-electron chi connectivity index (χ3n) is 7.84. The van der Waals surface area contributed by atoms with E-state index in [4.69, 9.17) is 9.26 Å². The van der Waals surface area contributed by atoms with Crippen molar-refractivity contribution in [2.45, 2.75) is 64.8 Å². The standard InChI is InChI=1S/C29H33N3O3/c1-19-28(20(2)35-30-19)17-32-16-23(15-31-11-5-8-24(31)18-33)27-14-25(9-10-29(27)32)34-26-12-21-6-3-4-7-22(21)13-26/h3-4,6-7,9-10,14,16,24,26,33H,5,8,11-13,15,17-18H2,1-2H3/t24-/m0/s1. The molecule has 2 aromatic heterocycles. The number of aryl methyl sites for hydroxylation is 2. The number of nitrogens with zero attached hydrogens (tertiary/aromatic N) is 3. The quantitative estimate of drug-likeness (QED) is 0.420. The Hall–Kier alpha value is -3.09. The van der Waals surface area contributed by atoms with E-state index in [1.165, 1.54) is 27.6 Å². The lowest BCUT2D eigenvalue weighted by molar-refractivity contribution is 0.154. The molecule has 2 aliphatic rings. The number of hydrogen-bond acceptors (Lipinski definition) is 5. The largest absolute Gasteiger partial charge is 0.490 e. The van der Waals surface area contributed by atoms with E-state index in [9.17, 15) is 5.11 Å². The Kier molecular flexibility index (Phi) is 5.86. The highest BCUT2D eigenvalue weighted by atomic mass is 16.5. The highest BCUT2D eigenvalue weighted by Gasteiger charge is 2.26. The van der Waals surface area contributed by atoms with Gasteiger partial charge in [0.2, 0.25) is 0 Å². The second kappa shape index (κ2) is 9.17. The van der Waals surface area contributed by atoms with Crippen LogP contribution in [0.1, 0.15) is 46.5 Å². The van der Waals surface area contributed by atoms with Gasteiger partial charge in [0, 0.05) is 48.1 Å². The lowest BCUT2D eigenvalue weighted by Gasteiger charge is -2.22. The molecule has 0 amide bonds. The second-order valence-electron chi connectivity index (χ2n) is 10.1. The van der Waals surface area contributed by atoms with Crippen molar-refractivity contribution in [2.24, 2.45) is 0 Å². The van der Waals surface area contributed by atoms with Crippen LogP contribution in [0.15, 0.2) is 53.2 Å². The van der Waals surface area contributed by atoms with Crippen molar-refractivity contribution in [3.8, 4) is 5.75 Å². The zero-order valence-electron chi connectivity index (χ0n) is 20.5. The molecule has 0 spiro atoms. The molecule has 6 rings (SSSR count). The van der Waals surface area contributed by atoms with Crippen LogP contribution in [0.25, 0.3) is 10.9 Å². The number of aliphatic hydroxyl groups excluding tert-OH is 1. The van der Waals surface area contributed by atoms with E-state index in [1.54, 1.807) is 0 Å². The molecule has 0 radical (unpaired) electrons. The summed E-state index contributed by atoms with van der Waals surface area (Å²) in [6.45, 7) is 6.77. The first-order chi connectivity index (χ1) is 17.1. The molecule has 6 nitrogen and oxygen atoms in total. The van der Waals surface area contributed by atoms with Gasteiger partial charge in [-0.05, 0) is 68.1 Å². The number of fused-ring (bicyclic) bond motifs is 2. The Morgan fingerprint density at radius 2 is 1.89 bits per heavy atom. The fraction of sp³-hybridized carbons (Fsp3) is 0.414. The van der Waals surface area contributed by atoms with E-state index >= 15 is 0 Å². The topological polar surface area (TPSA) is 63.7 Å². The van der Waals surface area contributed by atoms with Crippen molar-refractivity contribution in [2.75, 3.05) is 13.2 Å². The number of benzene rings is 2. The van der Waals surface area contributed by atoms with Crippen molar-refractivity contribution in [3.05, 3.63) is 82.4 Å². The van der Waals surface area contributed by atoms with Gasteiger partial charge in [-0.25, -0.2) is 0 Å². The zero-order chi connectivity index (χ0) is 23.9. The molecular formula is C29H33N3O3. The summed E-state index contributed by atoms with van der Waals surface area (Å²) in [5.74, 6) is 1.79. The smallest absolute Gasteiger partial charge is 0.138 e. The van der Waals surface area contributed by atoms with Gasteiger partial charge in [0.05, 0.1) is 18.8 Å². The van der Waals surface area contributed by atoms with Gasteiger partial charge in [0.25, 0.3) is 0 Å². The molecule has 4 aromatic rings. The SMILES string of the molecule is Cc1noc(C)c1Cn1cc(CN2CCC[C@H]2CO)c2cc(OC3Cc4ccccc4C3)ccc21. The maximum Gasteiger partial charge on any atom is 0.138 e. The van der Waals surface area contributed by atoms with E-state index in [-0.39, 0.29) is 18.8 Å². The number of ether oxygens (including phenoxy) is 1. The van der Waals surface area contributed by atoms with Crippen LogP contribution < -0.4 is 4.74 Å². The van der Waals surface area contributed by atoms with Gasteiger partial charge in [-0.1, -0.05) is 29.4 Å². The maximum atomic E-state index is 9.86. The molecule has 1 aliphatic heterocycles. The van der Waals surface area contributed by atoms with E-state index in [1.807, 2.05) is 13.8 Å². The first kappa shape index (κ1) is 22.4. The summed E-state index contributed by atoms with van der Waals surface area (Å²) in [5.41, 5.74) is 7.32. The highest BCUT2D eigenvalue weighted by Crippen LogP contribution is 2.32. The number of rotatable bonds is 7.